The predicted molar refractivity (Wildman–Crippen MR) is 162 cm³/mol. The minimum atomic E-state index is -1.32. The quantitative estimate of drug-likeness (QED) is 0.370. The molecule has 8 nitrogen and oxygen atoms in total. The Labute approximate surface area is 250 Å². The molecule has 9 heteroatoms. The molecule has 0 saturated carbocycles. The van der Waals surface area contributed by atoms with Crippen LogP contribution in [0.5, 0.6) is 5.75 Å². The maximum Gasteiger partial charge on any atom is 0.337 e. The van der Waals surface area contributed by atoms with Crippen molar-refractivity contribution in [3.8, 4) is 16.9 Å². The van der Waals surface area contributed by atoms with Gasteiger partial charge in [0, 0.05) is 41.5 Å². The van der Waals surface area contributed by atoms with Crippen LogP contribution in [0.1, 0.15) is 81.8 Å². The van der Waals surface area contributed by atoms with Crippen molar-refractivity contribution in [1.82, 2.24) is 5.32 Å². The molecule has 0 bridgehead atoms. The van der Waals surface area contributed by atoms with Crippen molar-refractivity contribution in [3.05, 3.63) is 81.2 Å². The van der Waals surface area contributed by atoms with Crippen LogP contribution in [0.25, 0.3) is 11.1 Å². The second-order valence-corrected chi connectivity index (χ2v) is 12.1. The lowest BCUT2D eigenvalue weighted by Crippen LogP contribution is -2.30. The smallest absolute Gasteiger partial charge is 0.337 e. The number of benzene rings is 3. The van der Waals surface area contributed by atoms with Crippen molar-refractivity contribution >= 4 is 23.5 Å². The van der Waals surface area contributed by atoms with Crippen LogP contribution < -0.4 is 15.0 Å². The average molecular weight is 589 g/mol. The summed E-state index contributed by atoms with van der Waals surface area (Å²) in [5.41, 5.74) is 5.30. The van der Waals surface area contributed by atoms with Crippen LogP contribution in [0.4, 0.5) is 10.1 Å². The summed E-state index contributed by atoms with van der Waals surface area (Å²) in [4.78, 5) is 40.2. The van der Waals surface area contributed by atoms with Crippen LogP contribution in [0.2, 0.25) is 0 Å². The molecule has 0 aliphatic carbocycles. The number of rotatable bonds is 6. The van der Waals surface area contributed by atoms with Gasteiger partial charge in [-0.2, -0.15) is 0 Å². The average Bonchev–Trinajstić information content (AvgIpc) is 3.39. The number of halogens is 1. The summed E-state index contributed by atoms with van der Waals surface area (Å²) in [6.07, 6.45) is 0.516. The summed E-state index contributed by atoms with van der Waals surface area (Å²) in [5, 5.41) is 13.0. The third-order valence-electron chi connectivity index (χ3n) is 8.06. The molecule has 0 aromatic heterocycles. The lowest BCUT2D eigenvalue weighted by atomic mass is 9.83. The van der Waals surface area contributed by atoms with E-state index >= 15 is 4.39 Å². The molecule has 2 aliphatic rings. The minimum Gasteiger partial charge on any atom is -0.490 e. The van der Waals surface area contributed by atoms with Crippen molar-refractivity contribution in [2.24, 2.45) is 0 Å². The molecule has 2 heterocycles. The Morgan fingerprint density at radius 1 is 1.05 bits per heavy atom. The van der Waals surface area contributed by atoms with E-state index in [4.69, 9.17) is 9.47 Å². The number of hydrogen-bond donors (Lipinski definition) is 2. The first-order valence-electron chi connectivity index (χ1n) is 14.5. The van der Waals surface area contributed by atoms with Crippen LogP contribution in [0.3, 0.4) is 0 Å². The van der Waals surface area contributed by atoms with E-state index < -0.39 is 23.5 Å². The second-order valence-electron chi connectivity index (χ2n) is 12.1. The van der Waals surface area contributed by atoms with Crippen LogP contribution in [0.15, 0.2) is 36.4 Å². The Hall–Kier alpha value is -4.24. The summed E-state index contributed by atoms with van der Waals surface area (Å²) in [7, 11) is 1.54. The SMILES string of the molecule is CNC(=O)c1ccc(C(=O)N2CCc3c2cc(C)c(C(OC(C)(C)C)C(=O)O)c3-c2cc(F)c3c(c2C)CCCO3)cc1. The highest BCUT2D eigenvalue weighted by molar-refractivity contribution is 6.09. The van der Waals surface area contributed by atoms with Gasteiger partial charge in [0.25, 0.3) is 11.8 Å². The Morgan fingerprint density at radius 3 is 2.35 bits per heavy atom. The number of ether oxygens (including phenoxy) is 2. The third-order valence-corrected chi connectivity index (χ3v) is 8.06. The summed E-state index contributed by atoms with van der Waals surface area (Å²) in [6.45, 7) is 9.89. The lowest BCUT2D eigenvalue weighted by molar-refractivity contribution is -0.160. The van der Waals surface area contributed by atoms with Gasteiger partial charge in [-0.25, -0.2) is 9.18 Å². The topological polar surface area (TPSA) is 105 Å². The van der Waals surface area contributed by atoms with E-state index in [1.54, 1.807) is 63.9 Å². The monoisotopic (exact) mass is 588 g/mol. The number of anilines is 1. The molecule has 1 unspecified atom stereocenters. The fourth-order valence-electron chi connectivity index (χ4n) is 6.12. The largest absolute Gasteiger partial charge is 0.490 e. The molecular formula is C34H37FN2O6. The fraction of sp³-hybridized carbons (Fsp3) is 0.382. The lowest BCUT2D eigenvalue weighted by Gasteiger charge is -2.30. The summed E-state index contributed by atoms with van der Waals surface area (Å²) < 4.78 is 27.4. The first kappa shape index (κ1) is 30.2. The first-order valence-corrected chi connectivity index (χ1v) is 14.5. The number of carbonyl (C=O) groups excluding carboxylic acids is 2. The number of nitrogens with one attached hydrogen (secondary N) is 1. The molecular weight excluding hydrogens is 551 g/mol. The van der Waals surface area contributed by atoms with Gasteiger partial charge in [0.2, 0.25) is 0 Å². The van der Waals surface area contributed by atoms with E-state index in [1.807, 2.05) is 13.0 Å². The number of carbonyl (C=O) groups is 3. The van der Waals surface area contributed by atoms with Crippen molar-refractivity contribution in [1.29, 1.82) is 0 Å². The normalized spacial score (nSPS) is 14.9. The van der Waals surface area contributed by atoms with Gasteiger partial charge in [-0.1, -0.05) is 0 Å². The highest BCUT2D eigenvalue weighted by Crippen LogP contribution is 2.47. The molecule has 2 amide bonds. The maximum atomic E-state index is 15.6. The first-order chi connectivity index (χ1) is 20.3. The van der Waals surface area contributed by atoms with Gasteiger partial charge >= 0.3 is 5.97 Å². The maximum absolute atomic E-state index is 15.6. The van der Waals surface area contributed by atoms with Gasteiger partial charge in [0.05, 0.1) is 12.2 Å². The van der Waals surface area contributed by atoms with E-state index in [0.29, 0.717) is 65.1 Å². The van der Waals surface area contributed by atoms with Crippen molar-refractivity contribution < 1.29 is 33.4 Å². The second kappa shape index (κ2) is 11.4. The highest BCUT2D eigenvalue weighted by Gasteiger charge is 2.37. The molecule has 0 saturated heterocycles. The molecule has 2 N–H and O–H groups in total. The number of carboxylic acids is 1. The number of amides is 2. The van der Waals surface area contributed by atoms with Crippen LogP contribution in [-0.4, -0.2) is 48.7 Å². The van der Waals surface area contributed by atoms with Gasteiger partial charge in [0.1, 0.15) is 0 Å². The number of aliphatic carboxylic acids is 1. The standard InChI is InChI=1S/C34H37FN2O6/c1-18-16-26-23(13-14-37(26)32(39)21-11-9-20(10-12-21)31(38)36-6)28(27(18)30(33(40)41)43-34(3,4)5)24-17-25(35)29-22(19(24)2)8-7-15-42-29/h9-12,16-17,30H,7-8,13-15H2,1-6H3,(H,36,38)(H,40,41). The summed E-state index contributed by atoms with van der Waals surface area (Å²) in [6, 6.07) is 9.70. The number of aryl methyl sites for hydroxylation is 1. The predicted octanol–water partition coefficient (Wildman–Crippen LogP) is 5.94. The van der Waals surface area contributed by atoms with E-state index in [-0.39, 0.29) is 17.6 Å². The van der Waals surface area contributed by atoms with Crippen molar-refractivity contribution in [2.45, 2.75) is 65.6 Å². The molecule has 3 aromatic rings. The van der Waals surface area contributed by atoms with Crippen LogP contribution >= 0.6 is 0 Å². The molecule has 1 atom stereocenters. The van der Waals surface area contributed by atoms with Crippen molar-refractivity contribution in [2.75, 3.05) is 25.1 Å². The highest BCUT2D eigenvalue weighted by atomic mass is 19.1. The molecule has 3 aromatic carbocycles. The minimum absolute atomic E-state index is 0.246. The summed E-state index contributed by atoms with van der Waals surface area (Å²) >= 11 is 0. The van der Waals surface area contributed by atoms with Gasteiger partial charge in [-0.05, 0) is 118 Å². The van der Waals surface area contributed by atoms with Crippen LogP contribution in [0, 0.1) is 19.7 Å². The Balaban J connectivity index is 1.71. The van der Waals surface area contributed by atoms with Crippen molar-refractivity contribution in [3.63, 3.8) is 0 Å². The molecule has 43 heavy (non-hydrogen) atoms. The Morgan fingerprint density at radius 2 is 1.72 bits per heavy atom. The van der Waals surface area contributed by atoms with E-state index in [0.717, 1.165) is 23.1 Å². The van der Waals surface area contributed by atoms with E-state index in [9.17, 15) is 19.5 Å². The fourth-order valence-corrected chi connectivity index (χ4v) is 6.12. The van der Waals surface area contributed by atoms with E-state index in [1.165, 1.54) is 6.07 Å². The zero-order valence-corrected chi connectivity index (χ0v) is 25.4. The van der Waals surface area contributed by atoms with Gasteiger partial charge in [-0.15, -0.1) is 0 Å². The third kappa shape index (κ3) is 5.61. The molecule has 0 radical (unpaired) electrons. The Bertz CT molecular complexity index is 1620. The number of carboxylic acid groups (broad SMARTS) is 1. The zero-order valence-electron chi connectivity index (χ0n) is 25.4. The van der Waals surface area contributed by atoms with E-state index in [2.05, 4.69) is 5.32 Å². The number of nitrogens with zero attached hydrogens (tertiary/aromatic N) is 1. The molecule has 226 valence electrons. The zero-order chi connectivity index (χ0) is 31.2. The van der Waals surface area contributed by atoms with Crippen LogP contribution in [-0.2, 0) is 22.4 Å². The summed E-state index contributed by atoms with van der Waals surface area (Å²) in [5.74, 6) is -1.90. The van der Waals surface area contributed by atoms with Gasteiger partial charge < -0.3 is 24.8 Å². The number of hydrogen-bond acceptors (Lipinski definition) is 5. The number of fused-ring (bicyclic) bond motifs is 2. The molecule has 0 fully saturated rings. The van der Waals surface area contributed by atoms with Gasteiger partial charge in [0.15, 0.2) is 17.7 Å². The molecule has 2 aliphatic heterocycles. The Kier molecular flexibility index (Phi) is 8.05. The molecule has 0 spiro atoms. The van der Waals surface area contributed by atoms with Gasteiger partial charge in [-0.3, -0.25) is 9.59 Å². The molecule has 5 rings (SSSR count).